The highest BCUT2D eigenvalue weighted by Gasteiger charge is 2.40. The first kappa shape index (κ1) is 28.0. The molecular weight excluding hydrogens is 516 g/mol. The molecule has 0 bridgehead atoms. The van der Waals surface area contributed by atoms with Gasteiger partial charge in [-0.15, -0.1) is 0 Å². The minimum Gasteiger partial charge on any atom is -0.462 e. The van der Waals surface area contributed by atoms with E-state index < -0.39 is 12.0 Å². The summed E-state index contributed by atoms with van der Waals surface area (Å²) in [6.07, 6.45) is 4.60. The van der Waals surface area contributed by atoms with Gasteiger partial charge in [-0.05, 0) is 100 Å². The Morgan fingerprint density at radius 2 is 1.85 bits per heavy atom. The Labute approximate surface area is 232 Å². The minimum absolute atomic E-state index is 0.0311. The van der Waals surface area contributed by atoms with Gasteiger partial charge in [0.1, 0.15) is 23.3 Å². The fourth-order valence-electron chi connectivity index (χ4n) is 5.57. The van der Waals surface area contributed by atoms with Crippen LogP contribution in [0.5, 0.6) is 0 Å². The van der Waals surface area contributed by atoms with Gasteiger partial charge in [0.15, 0.2) is 0 Å². The van der Waals surface area contributed by atoms with Gasteiger partial charge in [-0.1, -0.05) is 0 Å². The second-order valence-electron chi connectivity index (χ2n) is 11.2. The van der Waals surface area contributed by atoms with Crippen molar-refractivity contribution in [3.05, 3.63) is 65.6 Å². The fourth-order valence-corrected chi connectivity index (χ4v) is 5.57. The lowest BCUT2D eigenvalue weighted by molar-refractivity contribution is -0.161. The number of anilines is 2. The summed E-state index contributed by atoms with van der Waals surface area (Å²) in [5.41, 5.74) is 7.40. The molecule has 10 heteroatoms. The fraction of sp³-hybridized carbons (Fsp3) is 0.467. The summed E-state index contributed by atoms with van der Waals surface area (Å²) in [7, 11) is 0. The van der Waals surface area contributed by atoms with Crippen LogP contribution in [0.25, 0.3) is 11.3 Å². The summed E-state index contributed by atoms with van der Waals surface area (Å²) >= 11 is 0. The maximum Gasteiger partial charge on any atom is 0.309 e. The van der Waals surface area contributed by atoms with Crippen molar-refractivity contribution in [1.82, 2.24) is 15.0 Å². The first-order valence-electron chi connectivity index (χ1n) is 13.7. The van der Waals surface area contributed by atoms with Crippen LogP contribution in [-0.2, 0) is 15.1 Å². The highest BCUT2D eigenvalue weighted by molar-refractivity contribution is 5.72. The topological polar surface area (TPSA) is 123 Å². The van der Waals surface area contributed by atoms with Crippen LogP contribution in [-0.4, -0.2) is 38.2 Å². The number of aliphatic hydroxyl groups is 1. The van der Waals surface area contributed by atoms with Crippen molar-refractivity contribution >= 4 is 17.6 Å². The summed E-state index contributed by atoms with van der Waals surface area (Å²) in [5, 5.41) is 14.5. The van der Waals surface area contributed by atoms with Crippen LogP contribution in [0.3, 0.4) is 0 Å². The first-order chi connectivity index (χ1) is 19.1. The van der Waals surface area contributed by atoms with Crippen molar-refractivity contribution in [2.24, 2.45) is 17.6 Å². The quantitative estimate of drug-likeness (QED) is 0.310. The molecule has 8 nitrogen and oxygen atoms in total. The number of nitrogens with zero attached hydrogens (tertiary/aromatic N) is 3. The summed E-state index contributed by atoms with van der Waals surface area (Å²) in [4.78, 5) is 25.8. The molecule has 0 aliphatic heterocycles. The zero-order valence-corrected chi connectivity index (χ0v) is 22.7. The normalized spacial score (nSPS) is 24.2. The Morgan fingerprint density at radius 3 is 2.50 bits per heavy atom. The van der Waals surface area contributed by atoms with E-state index in [-0.39, 0.29) is 41.3 Å². The van der Waals surface area contributed by atoms with Crippen molar-refractivity contribution in [3.8, 4) is 11.3 Å². The van der Waals surface area contributed by atoms with E-state index in [9.17, 15) is 18.7 Å². The lowest BCUT2D eigenvalue weighted by Crippen LogP contribution is -2.44. The summed E-state index contributed by atoms with van der Waals surface area (Å²) in [5.74, 6) is 0.440. The van der Waals surface area contributed by atoms with E-state index in [0.717, 1.165) is 24.0 Å². The molecule has 3 heterocycles. The Hall–Kier alpha value is -3.50. The molecule has 1 atom stereocenters. The number of carbonyl (C=O) groups is 1. The summed E-state index contributed by atoms with van der Waals surface area (Å²) in [6.45, 7) is 3.70. The predicted octanol–water partition coefficient (Wildman–Crippen LogP) is 5.58. The molecule has 3 aromatic rings. The number of hydrogen-bond donors (Lipinski definition) is 3. The van der Waals surface area contributed by atoms with Gasteiger partial charge in [0.05, 0.1) is 17.3 Å². The third kappa shape index (κ3) is 6.28. The summed E-state index contributed by atoms with van der Waals surface area (Å²) < 4.78 is 31.7. The highest BCUT2D eigenvalue weighted by Crippen LogP contribution is 2.41. The van der Waals surface area contributed by atoms with Crippen molar-refractivity contribution in [3.63, 3.8) is 0 Å². The van der Waals surface area contributed by atoms with Gasteiger partial charge in [0.25, 0.3) is 6.43 Å². The third-order valence-corrected chi connectivity index (χ3v) is 8.11. The van der Waals surface area contributed by atoms with Gasteiger partial charge in [-0.25, -0.2) is 18.7 Å². The SMILES string of the molecule is Cc1cc(Nc2cc(C(F)F)ccn2)nc(-c2ccc(C(C)(O)C3CCC(C(=O)OC4CC(N)C4)CC3)nc2)c1. The van der Waals surface area contributed by atoms with Crippen LogP contribution in [0.2, 0.25) is 0 Å². The van der Waals surface area contributed by atoms with E-state index in [2.05, 4.69) is 20.3 Å². The average molecular weight is 552 g/mol. The van der Waals surface area contributed by atoms with Gasteiger partial charge < -0.3 is 20.9 Å². The number of rotatable bonds is 8. The molecule has 212 valence electrons. The molecule has 40 heavy (non-hydrogen) atoms. The van der Waals surface area contributed by atoms with Crippen molar-refractivity contribution in [2.75, 3.05) is 5.32 Å². The molecule has 3 aromatic heterocycles. The Bertz CT molecular complexity index is 1340. The Kier molecular flexibility index (Phi) is 8.09. The van der Waals surface area contributed by atoms with E-state index in [4.69, 9.17) is 10.5 Å². The van der Waals surface area contributed by atoms with Gasteiger partial charge in [0, 0.05) is 29.6 Å². The summed E-state index contributed by atoms with van der Waals surface area (Å²) in [6, 6.07) is 10.1. The number of nitrogens with one attached hydrogen (secondary N) is 1. The van der Waals surface area contributed by atoms with Gasteiger partial charge in [-0.2, -0.15) is 0 Å². The standard InChI is InChI=1S/C30H35F2N5O3/c1-17-11-24(36-27(12-17)37-26-13-19(28(31)32)9-10-34-26)20-5-8-25(35-16-20)30(2,39)21-6-3-18(4-7-21)29(38)40-23-14-22(33)15-23/h5,8-13,16,18,21-23,28,39H,3-4,6-7,14-15,33H2,1-2H3,(H,34,36,37). The molecule has 0 amide bonds. The van der Waals surface area contributed by atoms with Crippen LogP contribution in [0, 0.1) is 18.8 Å². The van der Waals surface area contributed by atoms with Crippen LogP contribution in [0.15, 0.2) is 48.8 Å². The zero-order chi connectivity index (χ0) is 28.4. The predicted molar refractivity (Wildman–Crippen MR) is 147 cm³/mol. The van der Waals surface area contributed by atoms with Gasteiger partial charge in [-0.3, -0.25) is 9.78 Å². The first-order valence-corrected chi connectivity index (χ1v) is 13.7. The number of ether oxygens (including phenoxy) is 1. The maximum absolute atomic E-state index is 13.1. The molecule has 4 N–H and O–H groups in total. The van der Waals surface area contributed by atoms with Gasteiger partial charge >= 0.3 is 5.97 Å². The molecule has 0 saturated heterocycles. The van der Waals surface area contributed by atoms with Crippen molar-refractivity contribution < 1.29 is 23.4 Å². The van der Waals surface area contributed by atoms with E-state index in [1.54, 1.807) is 25.3 Å². The largest absolute Gasteiger partial charge is 0.462 e. The smallest absolute Gasteiger partial charge is 0.309 e. The number of alkyl halides is 2. The minimum atomic E-state index is -2.59. The third-order valence-electron chi connectivity index (χ3n) is 8.11. The van der Waals surface area contributed by atoms with Crippen molar-refractivity contribution in [2.45, 2.75) is 76.5 Å². The molecule has 0 radical (unpaired) electrons. The van der Waals surface area contributed by atoms with Crippen LogP contribution < -0.4 is 11.1 Å². The number of aromatic nitrogens is 3. The number of hydrogen-bond acceptors (Lipinski definition) is 8. The molecule has 1 unspecified atom stereocenters. The van der Waals surface area contributed by atoms with E-state index in [1.807, 2.05) is 19.1 Å². The molecule has 5 rings (SSSR count). The molecule has 2 aliphatic rings. The average Bonchev–Trinajstić information content (AvgIpc) is 2.92. The number of esters is 1. The lowest BCUT2D eigenvalue weighted by Gasteiger charge is -2.38. The number of nitrogens with two attached hydrogens (primary N) is 1. The highest BCUT2D eigenvalue weighted by atomic mass is 19.3. The molecule has 2 fully saturated rings. The molecule has 0 aromatic carbocycles. The molecular formula is C30H35F2N5O3. The van der Waals surface area contributed by atoms with Crippen LogP contribution >= 0.6 is 0 Å². The molecule has 2 saturated carbocycles. The molecule has 2 aliphatic carbocycles. The van der Waals surface area contributed by atoms with E-state index in [1.165, 1.54) is 18.3 Å². The zero-order valence-electron chi connectivity index (χ0n) is 22.7. The second-order valence-corrected chi connectivity index (χ2v) is 11.2. The van der Waals surface area contributed by atoms with E-state index >= 15 is 0 Å². The number of aryl methyl sites for hydroxylation is 1. The molecule has 0 spiro atoms. The maximum atomic E-state index is 13.1. The van der Waals surface area contributed by atoms with Crippen LogP contribution in [0.4, 0.5) is 20.4 Å². The second kappa shape index (κ2) is 11.5. The Morgan fingerprint density at radius 1 is 1.10 bits per heavy atom. The van der Waals surface area contributed by atoms with Crippen LogP contribution in [0.1, 0.15) is 68.7 Å². The van der Waals surface area contributed by atoms with E-state index in [0.29, 0.717) is 42.9 Å². The number of pyridine rings is 3. The lowest BCUT2D eigenvalue weighted by atomic mass is 9.72. The monoisotopic (exact) mass is 551 g/mol. The van der Waals surface area contributed by atoms with Crippen molar-refractivity contribution in [1.29, 1.82) is 0 Å². The Balaban J connectivity index is 1.23. The van der Waals surface area contributed by atoms with Gasteiger partial charge in [0.2, 0.25) is 0 Å². The number of halogens is 2. The number of carbonyl (C=O) groups excluding carboxylic acids is 1.